The number of benzene rings is 2. The van der Waals surface area contributed by atoms with Crippen molar-refractivity contribution >= 4 is 5.57 Å². The second kappa shape index (κ2) is 4.66. The number of fused-ring (bicyclic) bond motifs is 1. The molecule has 0 aliphatic heterocycles. The van der Waals surface area contributed by atoms with Gasteiger partial charge in [-0.2, -0.15) is 0 Å². The summed E-state index contributed by atoms with van der Waals surface area (Å²) in [7, 11) is 0. The van der Waals surface area contributed by atoms with E-state index in [2.05, 4.69) is 73.7 Å². The van der Waals surface area contributed by atoms with Crippen molar-refractivity contribution in [2.75, 3.05) is 0 Å². The van der Waals surface area contributed by atoms with Crippen LogP contribution in [0.5, 0.6) is 0 Å². The molecule has 0 spiro atoms. The summed E-state index contributed by atoms with van der Waals surface area (Å²) < 4.78 is 0. The van der Waals surface area contributed by atoms with Gasteiger partial charge >= 0.3 is 0 Å². The zero-order chi connectivity index (χ0) is 12.4. The predicted octanol–water partition coefficient (Wildman–Crippen LogP) is 4.54. The molecule has 0 nitrogen and oxygen atoms in total. The highest BCUT2D eigenvalue weighted by atomic mass is 14.2. The Labute approximate surface area is 108 Å². The maximum absolute atomic E-state index is 2.24. The van der Waals surface area contributed by atoms with Gasteiger partial charge in [0.15, 0.2) is 0 Å². The van der Waals surface area contributed by atoms with Crippen molar-refractivity contribution in [3.05, 3.63) is 89.0 Å². The van der Waals surface area contributed by atoms with Crippen molar-refractivity contribution < 1.29 is 0 Å². The Morgan fingerprint density at radius 1 is 0.889 bits per heavy atom. The lowest BCUT2D eigenvalue weighted by Gasteiger charge is -2.13. The number of hydrogen-bond acceptors (Lipinski definition) is 0. The Kier molecular flexibility index (Phi) is 2.85. The molecule has 0 heteroatoms. The van der Waals surface area contributed by atoms with Crippen LogP contribution in [-0.4, -0.2) is 0 Å². The molecule has 0 atom stereocenters. The Hall–Kier alpha value is -2.08. The highest BCUT2D eigenvalue weighted by Crippen LogP contribution is 2.30. The minimum Gasteiger partial charge on any atom is -0.0801 e. The molecule has 0 bridgehead atoms. The van der Waals surface area contributed by atoms with Crippen LogP contribution in [0.2, 0.25) is 0 Å². The van der Waals surface area contributed by atoms with E-state index in [1.54, 1.807) is 0 Å². The lowest BCUT2D eigenvalue weighted by Crippen LogP contribution is -1.95. The molecular formula is C18H16. The quantitative estimate of drug-likeness (QED) is 0.677. The van der Waals surface area contributed by atoms with Crippen molar-refractivity contribution in [3.63, 3.8) is 0 Å². The maximum atomic E-state index is 2.24. The van der Waals surface area contributed by atoms with E-state index >= 15 is 0 Å². The first kappa shape index (κ1) is 11.0. The van der Waals surface area contributed by atoms with E-state index in [9.17, 15) is 0 Å². The third kappa shape index (κ3) is 1.91. The number of rotatable bonds is 1. The average Bonchev–Trinajstić information content (AvgIpc) is 2.63. The molecule has 0 heterocycles. The molecule has 0 saturated carbocycles. The van der Waals surface area contributed by atoms with Crippen molar-refractivity contribution in [2.45, 2.75) is 13.3 Å². The first-order valence-corrected chi connectivity index (χ1v) is 6.37. The van der Waals surface area contributed by atoms with Crippen LogP contribution >= 0.6 is 0 Å². The summed E-state index contributed by atoms with van der Waals surface area (Å²) in [4.78, 5) is 0. The van der Waals surface area contributed by atoms with Crippen LogP contribution in [0, 0.1) is 6.92 Å². The molecule has 0 amide bonds. The summed E-state index contributed by atoms with van der Waals surface area (Å²) in [5.41, 5.74) is 6.80. The molecule has 88 valence electrons. The third-order valence-corrected chi connectivity index (χ3v) is 3.51. The van der Waals surface area contributed by atoms with Gasteiger partial charge in [0.2, 0.25) is 0 Å². The van der Waals surface area contributed by atoms with Crippen LogP contribution < -0.4 is 0 Å². The first-order chi connectivity index (χ1) is 8.86. The van der Waals surface area contributed by atoms with Gasteiger partial charge in [0.25, 0.3) is 0 Å². The first-order valence-electron chi connectivity index (χ1n) is 6.37. The molecule has 3 rings (SSSR count). The van der Waals surface area contributed by atoms with E-state index in [-0.39, 0.29) is 0 Å². The molecule has 18 heavy (non-hydrogen) atoms. The normalized spacial score (nSPS) is 13.7. The molecular weight excluding hydrogens is 216 g/mol. The zero-order valence-corrected chi connectivity index (χ0v) is 10.6. The molecule has 1 aliphatic carbocycles. The highest BCUT2D eigenvalue weighted by molar-refractivity contribution is 5.83. The standard InChI is InChI=1S/C18H16/c1-14-8-7-13-18-16(14)11-5-6-12-17(18)15-9-3-2-4-10-15/h2-10,12-13H,11H2,1H3. The molecule has 0 fully saturated rings. The van der Waals surface area contributed by atoms with Gasteiger partial charge in [0.1, 0.15) is 0 Å². The SMILES string of the molecule is Cc1cccc2c1CC=CC=C2c1ccccc1. The lowest BCUT2D eigenvalue weighted by atomic mass is 9.91. The summed E-state index contributed by atoms with van der Waals surface area (Å²) in [5.74, 6) is 0. The van der Waals surface area contributed by atoms with E-state index in [0.717, 1.165) is 6.42 Å². The van der Waals surface area contributed by atoms with Gasteiger partial charge in [0.05, 0.1) is 0 Å². The summed E-state index contributed by atoms with van der Waals surface area (Å²) >= 11 is 0. The molecule has 2 aromatic carbocycles. The molecule has 1 aliphatic rings. The van der Waals surface area contributed by atoms with Gasteiger partial charge < -0.3 is 0 Å². The fraction of sp³-hybridized carbons (Fsp3) is 0.111. The number of allylic oxidation sites excluding steroid dienone is 3. The van der Waals surface area contributed by atoms with Crippen LogP contribution in [0.1, 0.15) is 22.3 Å². The smallest absolute Gasteiger partial charge is 0.00855 e. The molecule has 0 unspecified atom stereocenters. The Morgan fingerprint density at radius 2 is 1.72 bits per heavy atom. The van der Waals surface area contributed by atoms with Crippen molar-refractivity contribution in [2.24, 2.45) is 0 Å². The van der Waals surface area contributed by atoms with Crippen LogP contribution in [0.15, 0.2) is 66.8 Å². The molecule has 2 aromatic rings. The minimum absolute atomic E-state index is 1.02. The van der Waals surface area contributed by atoms with Gasteiger partial charge in [-0.3, -0.25) is 0 Å². The topological polar surface area (TPSA) is 0 Å². The summed E-state index contributed by atoms with van der Waals surface area (Å²) in [6.07, 6.45) is 7.65. The third-order valence-electron chi connectivity index (χ3n) is 3.51. The van der Waals surface area contributed by atoms with Crippen LogP contribution in [0.4, 0.5) is 0 Å². The second-order valence-electron chi connectivity index (χ2n) is 4.68. The summed E-state index contributed by atoms with van der Waals surface area (Å²) in [6.45, 7) is 2.20. The van der Waals surface area contributed by atoms with Crippen LogP contribution in [-0.2, 0) is 6.42 Å². The monoisotopic (exact) mass is 232 g/mol. The lowest BCUT2D eigenvalue weighted by molar-refractivity contribution is 1.20. The van der Waals surface area contributed by atoms with E-state index in [1.807, 2.05) is 0 Å². The molecule has 0 aromatic heterocycles. The molecule has 0 N–H and O–H groups in total. The minimum atomic E-state index is 1.02. The Bertz CT molecular complexity index is 616. The van der Waals surface area contributed by atoms with Crippen LogP contribution in [0.25, 0.3) is 5.57 Å². The predicted molar refractivity (Wildman–Crippen MR) is 77.5 cm³/mol. The fourth-order valence-corrected chi connectivity index (χ4v) is 2.53. The van der Waals surface area contributed by atoms with Gasteiger partial charge in [-0.15, -0.1) is 0 Å². The van der Waals surface area contributed by atoms with E-state index in [4.69, 9.17) is 0 Å². The van der Waals surface area contributed by atoms with Crippen molar-refractivity contribution in [1.29, 1.82) is 0 Å². The molecule has 0 radical (unpaired) electrons. The van der Waals surface area contributed by atoms with Crippen molar-refractivity contribution in [1.82, 2.24) is 0 Å². The zero-order valence-electron chi connectivity index (χ0n) is 10.6. The number of aryl methyl sites for hydroxylation is 1. The Balaban J connectivity index is 2.21. The van der Waals surface area contributed by atoms with Gasteiger partial charge in [-0.25, -0.2) is 0 Å². The summed E-state index contributed by atoms with van der Waals surface area (Å²) in [5, 5.41) is 0. The Morgan fingerprint density at radius 3 is 2.56 bits per heavy atom. The summed E-state index contributed by atoms with van der Waals surface area (Å²) in [6, 6.07) is 17.2. The highest BCUT2D eigenvalue weighted by Gasteiger charge is 2.11. The molecule has 0 saturated heterocycles. The number of hydrogen-bond donors (Lipinski definition) is 0. The average molecular weight is 232 g/mol. The maximum Gasteiger partial charge on any atom is -0.00855 e. The van der Waals surface area contributed by atoms with Gasteiger partial charge in [0, 0.05) is 0 Å². The van der Waals surface area contributed by atoms with Crippen LogP contribution in [0.3, 0.4) is 0 Å². The van der Waals surface area contributed by atoms with E-state index in [0.29, 0.717) is 0 Å². The van der Waals surface area contributed by atoms with Gasteiger partial charge in [-0.05, 0) is 41.2 Å². The van der Waals surface area contributed by atoms with E-state index in [1.165, 1.54) is 27.8 Å². The van der Waals surface area contributed by atoms with Gasteiger partial charge in [-0.1, -0.05) is 66.8 Å². The fourth-order valence-electron chi connectivity index (χ4n) is 2.53. The van der Waals surface area contributed by atoms with E-state index < -0.39 is 0 Å². The largest absolute Gasteiger partial charge is 0.0801 e. The second-order valence-corrected chi connectivity index (χ2v) is 4.68. The van der Waals surface area contributed by atoms with Crippen molar-refractivity contribution in [3.8, 4) is 0 Å².